The molecule has 2 aromatic rings. The fourth-order valence-corrected chi connectivity index (χ4v) is 3.18. The van der Waals surface area contributed by atoms with Gasteiger partial charge in [-0.15, -0.1) is 24.0 Å². The number of benzene rings is 1. The average molecular weight is 512 g/mol. The highest BCUT2D eigenvalue weighted by Gasteiger charge is 2.24. The number of aryl methyl sites for hydroxylation is 1. The standard InChI is InChI=1S/C20H28N6O2.HI/c1-4-21-20(24(2)13-16-12-23-25(3)14-16)22-10-7-11-26-17-8-5-6-9-18(17)28-15-19(26)27;/h5-6,8-9,12,14H,4,7,10-11,13,15H2,1-3H3,(H,21,22);1H. The molecule has 1 aliphatic heterocycles. The number of carbonyl (C=O) groups excluding carboxylic acids is 1. The van der Waals surface area contributed by atoms with Crippen LogP contribution in [0.5, 0.6) is 5.75 Å². The van der Waals surface area contributed by atoms with Gasteiger partial charge in [0.15, 0.2) is 12.6 Å². The predicted octanol–water partition coefficient (Wildman–Crippen LogP) is 2.25. The Morgan fingerprint density at radius 1 is 1.38 bits per heavy atom. The first kappa shape index (κ1) is 23.0. The number of rotatable bonds is 7. The van der Waals surface area contributed by atoms with Gasteiger partial charge in [0.05, 0.1) is 11.9 Å². The van der Waals surface area contributed by atoms with E-state index in [2.05, 4.69) is 22.2 Å². The molecular formula is C20H29IN6O2. The zero-order valence-corrected chi connectivity index (χ0v) is 19.5. The number of aromatic nitrogens is 2. The van der Waals surface area contributed by atoms with Gasteiger partial charge in [-0.1, -0.05) is 12.1 Å². The minimum Gasteiger partial charge on any atom is -0.482 e. The Balaban J connectivity index is 0.00000300. The van der Waals surface area contributed by atoms with Crippen LogP contribution >= 0.6 is 24.0 Å². The maximum absolute atomic E-state index is 12.2. The molecule has 0 spiro atoms. The van der Waals surface area contributed by atoms with Crippen LogP contribution in [0.3, 0.4) is 0 Å². The van der Waals surface area contributed by atoms with Crippen molar-refractivity contribution in [3.8, 4) is 5.75 Å². The third-order valence-corrected chi connectivity index (χ3v) is 4.48. The lowest BCUT2D eigenvalue weighted by molar-refractivity contribution is -0.121. The van der Waals surface area contributed by atoms with Crippen molar-refractivity contribution < 1.29 is 9.53 Å². The van der Waals surface area contributed by atoms with Crippen LogP contribution in [0, 0.1) is 0 Å². The van der Waals surface area contributed by atoms with E-state index in [9.17, 15) is 4.79 Å². The molecule has 1 N–H and O–H groups in total. The Morgan fingerprint density at radius 3 is 2.90 bits per heavy atom. The fourth-order valence-electron chi connectivity index (χ4n) is 3.18. The van der Waals surface area contributed by atoms with Crippen molar-refractivity contribution in [2.45, 2.75) is 19.9 Å². The summed E-state index contributed by atoms with van der Waals surface area (Å²) in [5, 5.41) is 7.53. The SMILES string of the molecule is CCNC(=NCCCN1C(=O)COc2ccccc21)N(C)Cc1cnn(C)c1.I. The number of para-hydroxylation sites is 2. The van der Waals surface area contributed by atoms with Gasteiger partial charge in [-0.25, -0.2) is 0 Å². The van der Waals surface area contributed by atoms with E-state index in [1.165, 1.54) is 0 Å². The van der Waals surface area contributed by atoms with Crippen LogP contribution in [-0.2, 0) is 18.4 Å². The average Bonchev–Trinajstić information content (AvgIpc) is 3.10. The molecule has 0 saturated carbocycles. The van der Waals surface area contributed by atoms with E-state index in [1.54, 1.807) is 9.58 Å². The van der Waals surface area contributed by atoms with Crippen LogP contribution in [0.4, 0.5) is 5.69 Å². The van der Waals surface area contributed by atoms with Gasteiger partial charge in [0.1, 0.15) is 5.75 Å². The molecule has 3 rings (SSSR count). The minimum absolute atomic E-state index is 0. The van der Waals surface area contributed by atoms with E-state index in [0.717, 1.165) is 42.5 Å². The normalized spacial score (nSPS) is 13.4. The second-order valence-electron chi connectivity index (χ2n) is 6.77. The maximum Gasteiger partial charge on any atom is 0.265 e. The number of halogens is 1. The number of amides is 1. The van der Waals surface area contributed by atoms with E-state index >= 15 is 0 Å². The molecule has 158 valence electrons. The summed E-state index contributed by atoms with van der Waals surface area (Å²) in [6.45, 7) is 4.93. The first-order valence-electron chi connectivity index (χ1n) is 9.57. The van der Waals surface area contributed by atoms with Crippen molar-refractivity contribution >= 4 is 41.5 Å². The summed E-state index contributed by atoms with van der Waals surface area (Å²) >= 11 is 0. The highest BCUT2D eigenvalue weighted by molar-refractivity contribution is 14.0. The van der Waals surface area contributed by atoms with Crippen molar-refractivity contribution in [2.75, 3.05) is 38.2 Å². The molecule has 2 heterocycles. The largest absolute Gasteiger partial charge is 0.482 e. The zero-order valence-electron chi connectivity index (χ0n) is 17.2. The molecule has 0 aliphatic carbocycles. The Kier molecular flexibility index (Phi) is 8.74. The topological polar surface area (TPSA) is 75.0 Å². The summed E-state index contributed by atoms with van der Waals surface area (Å²) < 4.78 is 7.29. The molecular weight excluding hydrogens is 483 g/mol. The van der Waals surface area contributed by atoms with Crippen molar-refractivity contribution in [3.05, 3.63) is 42.2 Å². The van der Waals surface area contributed by atoms with Crippen LogP contribution in [0.15, 0.2) is 41.7 Å². The maximum atomic E-state index is 12.2. The van der Waals surface area contributed by atoms with Gasteiger partial charge >= 0.3 is 0 Å². The Labute approximate surface area is 188 Å². The molecule has 0 radical (unpaired) electrons. The van der Waals surface area contributed by atoms with Gasteiger partial charge in [0, 0.05) is 52.0 Å². The highest BCUT2D eigenvalue weighted by atomic mass is 127. The Bertz CT molecular complexity index is 838. The summed E-state index contributed by atoms with van der Waals surface area (Å²) in [6, 6.07) is 7.64. The van der Waals surface area contributed by atoms with E-state index < -0.39 is 0 Å². The summed E-state index contributed by atoms with van der Waals surface area (Å²) in [6.07, 6.45) is 4.64. The number of nitrogens with one attached hydrogen (secondary N) is 1. The van der Waals surface area contributed by atoms with Crippen molar-refractivity contribution in [1.82, 2.24) is 20.0 Å². The number of ether oxygens (including phenoxy) is 1. The minimum atomic E-state index is -0.0109. The summed E-state index contributed by atoms with van der Waals surface area (Å²) in [5.41, 5.74) is 1.97. The molecule has 1 amide bonds. The fraction of sp³-hybridized carbons (Fsp3) is 0.450. The van der Waals surface area contributed by atoms with Crippen LogP contribution in [-0.4, -0.2) is 59.8 Å². The monoisotopic (exact) mass is 512 g/mol. The Morgan fingerprint density at radius 2 is 2.17 bits per heavy atom. The third kappa shape index (κ3) is 6.09. The number of hydrogen-bond acceptors (Lipinski definition) is 4. The molecule has 1 aromatic carbocycles. The van der Waals surface area contributed by atoms with Crippen LogP contribution < -0.4 is 15.0 Å². The van der Waals surface area contributed by atoms with E-state index in [0.29, 0.717) is 13.1 Å². The molecule has 29 heavy (non-hydrogen) atoms. The van der Waals surface area contributed by atoms with Gasteiger partial charge in [-0.05, 0) is 25.5 Å². The molecule has 1 aromatic heterocycles. The molecule has 0 bridgehead atoms. The van der Waals surface area contributed by atoms with Crippen LogP contribution in [0.2, 0.25) is 0 Å². The highest BCUT2D eigenvalue weighted by Crippen LogP contribution is 2.31. The summed E-state index contributed by atoms with van der Waals surface area (Å²) in [5.74, 6) is 1.60. The summed E-state index contributed by atoms with van der Waals surface area (Å²) in [4.78, 5) is 20.8. The smallest absolute Gasteiger partial charge is 0.265 e. The van der Waals surface area contributed by atoms with E-state index in [1.807, 2.05) is 50.8 Å². The van der Waals surface area contributed by atoms with Gasteiger partial charge in [-0.3, -0.25) is 14.5 Å². The zero-order chi connectivity index (χ0) is 19.9. The molecule has 0 atom stereocenters. The first-order valence-corrected chi connectivity index (χ1v) is 9.57. The van der Waals surface area contributed by atoms with Gasteiger partial charge < -0.3 is 19.9 Å². The number of aliphatic imine (C=N–C) groups is 1. The molecule has 0 unspecified atom stereocenters. The third-order valence-electron chi connectivity index (χ3n) is 4.48. The first-order chi connectivity index (χ1) is 13.6. The second-order valence-corrected chi connectivity index (χ2v) is 6.77. The molecule has 1 aliphatic rings. The van der Waals surface area contributed by atoms with Crippen molar-refractivity contribution in [2.24, 2.45) is 12.0 Å². The van der Waals surface area contributed by atoms with Crippen molar-refractivity contribution in [1.29, 1.82) is 0 Å². The number of anilines is 1. The molecule has 0 saturated heterocycles. The Hall–Kier alpha value is -2.30. The van der Waals surface area contributed by atoms with Crippen LogP contribution in [0.25, 0.3) is 0 Å². The predicted molar refractivity (Wildman–Crippen MR) is 125 cm³/mol. The number of carbonyl (C=O) groups is 1. The van der Waals surface area contributed by atoms with Gasteiger partial charge in [0.25, 0.3) is 5.91 Å². The second kappa shape index (κ2) is 11.0. The quantitative estimate of drug-likeness (QED) is 0.267. The molecule has 0 fully saturated rings. The number of nitrogens with zero attached hydrogens (tertiary/aromatic N) is 5. The van der Waals surface area contributed by atoms with Gasteiger partial charge in [-0.2, -0.15) is 5.10 Å². The van der Waals surface area contributed by atoms with Gasteiger partial charge in [0.2, 0.25) is 0 Å². The molecule has 9 heteroatoms. The molecule has 8 nitrogen and oxygen atoms in total. The van der Waals surface area contributed by atoms with Crippen LogP contribution in [0.1, 0.15) is 18.9 Å². The lowest BCUT2D eigenvalue weighted by Crippen LogP contribution is -2.40. The lowest BCUT2D eigenvalue weighted by atomic mass is 10.2. The summed E-state index contributed by atoms with van der Waals surface area (Å²) in [7, 11) is 3.92. The number of guanidine groups is 1. The number of fused-ring (bicyclic) bond motifs is 1. The van der Waals surface area contributed by atoms with E-state index in [-0.39, 0.29) is 36.5 Å². The van der Waals surface area contributed by atoms with E-state index in [4.69, 9.17) is 9.73 Å². The number of hydrogen-bond donors (Lipinski definition) is 1. The van der Waals surface area contributed by atoms with Crippen molar-refractivity contribution in [3.63, 3.8) is 0 Å². The lowest BCUT2D eigenvalue weighted by Gasteiger charge is -2.29.